The maximum Gasteiger partial charge on any atom is 0.416 e. The summed E-state index contributed by atoms with van der Waals surface area (Å²) in [6.45, 7) is 2.50. The molecule has 1 unspecified atom stereocenters. The predicted octanol–water partition coefficient (Wildman–Crippen LogP) is 4.01. The highest BCUT2D eigenvalue weighted by atomic mass is 32.2. The quantitative estimate of drug-likeness (QED) is 0.688. The van der Waals surface area contributed by atoms with E-state index in [1.54, 1.807) is 0 Å². The lowest BCUT2D eigenvalue weighted by Gasteiger charge is -2.24. The fourth-order valence-corrected chi connectivity index (χ4v) is 3.86. The molecule has 0 fully saturated rings. The summed E-state index contributed by atoms with van der Waals surface area (Å²) in [7, 11) is 0. The Morgan fingerprint density at radius 1 is 1.24 bits per heavy atom. The molecule has 2 amide bonds. The zero-order chi connectivity index (χ0) is 21.0. The highest BCUT2D eigenvalue weighted by Crippen LogP contribution is 2.40. The molecule has 0 saturated heterocycles. The van der Waals surface area contributed by atoms with Crippen molar-refractivity contribution in [2.24, 2.45) is 0 Å². The van der Waals surface area contributed by atoms with Gasteiger partial charge in [0.05, 0.1) is 23.0 Å². The van der Waals surface area contributed by atoms with E-state index in [4.69, 9.17) is 4.74 Å². The number of rotatable bonds is 6. The highest BCUT2D eigenvalue weighted by molar-refractivity contribution is 8.01. The fraction of sp³-hybridized carbons (Fsp3) is 0.300. The number of aryl methyl sites for hydroxylation is 1. The Hall–Kier alpha value is -2.68. The Balaban J connectivity index is 1.49. The molecule has 2 aromatic rings. The van der Waals surface area contributed by atoms with Crippen molar-refractivity contribution in [2.75, 3.05) is 18.5 Å². The van der Waals surface area contributed by atoms with E-state index in [1.165, 1.54) is 6.07 Å². The number of anilines is 1. The molecule has 0 saturated carbocycles. The van der Waals surface area contributed by atoms with Crippen LogP contribution in [0.3, 0.4) is 0 Å². The first-order valence-corrected chi connectivity index (χ1v) is 9.75. The normalized spacial score (nSPS) is 16.0. The van der Waals surface area contributed by atoms with E-state index < -0.39 is 22.9 Å². The van der Waals surface area contributed by atoms with Gasteiger partial charge in [-0.2, -0.15) is 13.2 Å². The van der Waals surface area contributed by atoms with Crippen molar-refractivity contribution in [3.63, 3.8) is 0 Å². The lowest BCUT2D eigenvalue weighted by Crippen LogP contribution is -2.36. The first kappa shape index (κ1) is 21.0. The molecule has 1 aliphatic heterocycles. The average Bonchev–Trinajstić information content (AvgIpc) is 2.65. The first-order chi connectivity index (χ1) is 13.7. The summed E-state index contributed by atoms with van der Waals surface area (Å²) in [5.41, 5.74) is 0.342. The number of hydrogen-bond donors (Lipinski definition) is 2. The van der Waals surface area contributed by atoms with Crippen molar-refractivity contribution in [1.29, 1.82) is 0 Å². The standard InChI is InChI=1S/C20H19F3N2O3S/c1-12-3-2-4-14(9-12)28-8-7-24-18(26)11-17-19(27)25-15-10-13(20(21,22)23)5-6-16(15)29-17/h2-6,9-10,17H,7-8,11H2,1H3,(H,24,26)(H,25,27). The number of thioether (sulfide) groups is 1. The van der Waals surface area contributed by atoms with Gasteiger partial charge < -0.3 is 15.4 Å². The summed E-state index contributed by atoms with van der Waals surface area (Å²) in [6.07, 6.45) is -4.57. The minimum Gasteiger partial charge on any atom is -0.492 e. The molecule has 29 heavy (non-hydrogen) atoms. The lowest BCUT2D eigenvalue weighted by molar-refractivity contribution is -0.137. The molecule has 0 aliphatic carbocycles. The maximum atomic E-state index is 12.8. The Kier molecular flexibility index (Phi) is 6.36. The summed E-state index contributed by atoms with van der Waals surface area (Å²) in [6, 6.07) is 10.7. The smallest absolute Gasteiger partial charge is 0.416 e. The Bertz CT molecular complexity index is 918. The van der Waals surface area contributed by atoms with Crippen LogP contribution in [-0.2, 0) is 15.8 Å². The van der Waals surface area contributed by atoms with E-state index in [1.807, 2.05) is 31.2 Å². The number of amides is 2. The van der Waals surface area contributed by atoms with Crippen molar-refractivity contribution in [1.82, 2.24) is 5.32 Å². The molecule has 2 aromatic carbocycles. The number of fused-ring (bicyclic) bond motifs is 1. The number of ether oxygens (including phenoxy) is 1. The number of benzene rings is 2. The third-order valence-electron chi connectivity index (χ3n) is 4.18. The van der Waals surface area contributed by atoms with Gasteiger partial charge in [0.1, 0.15) is 12.4 Å². The van der Waals surface area contributed by atoms with Crippen molar-refractivity contribution in [3.8, 4) is 5.75 Å². The Labute approximate surface area is 170 Å². The number of nitrogens with one attached hydrogen (secondary N) is 2. The molecule has 0 aromatic heterocycles. The Morgan fingerprint density at radius 3 is 2.76 bits per heavy atom. The summed E-state index contributed by atoms with van der Waals surface area (Å²) >= 11 is 1.08. The van der Waals surface area contributed by atoms with Crippen LogP contribution in [-0.4, -0.2) is 30.2 Å². The molecule has 154 valence electrons. The molecule has 1 aliphatic rings. The van der Waals surface area contributed by atoms with Crippen LogP contribution in [0.25, 0.3) is 0 Å². The number of alkyl halides is 3. The molecular weight excluding hydrogens is 405 g/mol. The number of carbonyl (C=O) groups excluding carboxylic acids is 2. The van der Waals surface area contributed by atoms with Gasteiger partial charge in [0.15, 0.2) is 0 Å². The van der Waals surface area contributed by atoms with Gasteiger partial charge in [0, 0.05) is 11.3 Å². The summed E-state index contributed by atoms with van der Waals surface area (Å²) in [4.78, 5) is 24.8. The monoisotopic (exact) mass is 424 g/mol. The van der Waals surface area contributed by atoms with Gasteiger partial charge in [-0.25, -0.2) is 0 Å². The van der Waals surface area contributed by atoms with Crippen LogP contribution in [0.2, 0.25) is 0 Å². The molecular formula is C20H19F3N2O3S. The minimum absolute atomic E-state index is 0.0819. The molecule has 1 heterocycles. The molecule has 0 bridgehead atoms. The largest absolute Gasteiger partial charge is 0.492 e. The second kappa shape index (κ2) is 8.77. The van der Waals surface area contributed by atoms with Gasteiger partial charge in [-0.1, -0.05) is 12.1 Å². The molecule has 2 N–H and O–H groups in total. The third kappa shape index (κ3) is 5.66. The van der Waals surface area contributed by atoms with Crippen molar-refractivity contribution >= 4 is 29.3 Å². The van der Waals surface area contributed by atoms with Gasteiger partial charge in [-0.05, 0) is 42.8 Å². The first-order valence-electron chi connectivity index (χ1n) is 8.87. The van der Waals surface area contributed by atoms with Crippen LogP contribution in [0, 0.1) is 6.92 Å². The molecule has 9 heteroatoms. The van der Waals surface area contributed by atoms with Gasteiger partial charge in [-0.3, -0.25) is 9.59 Å². The van der Waals surface area contributed by atoms with Gasteiger partial charge in [-0.15, -0.1) is 11.8 Å². The van der Waals surface area contributed by atoms with Crippen molar-refractivity contribution in [3.05, 3.63) is 53.6 Å². The Morgan fingerprint density at radius 2 is 2.03 bits per heavy atom. The van der Waals surface area contributed by atoms with Gasteiger partial charge in [0.25, 0.3) is 0 Å². The SMILES string of the molecule is Cc1cccc(OCCNC(=O)CC2Sc3ccc(C(F)(F)F)cc3NC2=O)c1. The van der Waals surface area contributed by atoms with E-state index in [2.05, 4.69) is 10.6 Å². The molecule has 5 nitrogen and oxygen atoms in total. The summed E-state index contributed by atoms with van der Waals surface area (Å²) < 4.78 is 43.9. The summed E-state index contributed by atoms with van der Waals surface area (Å²) in [5, 5.41) is 4.43. The number of carbonyl (C=O) groups is 2. The van der Waals surface area contributed by atoms with E-state index in [0.717, 1.165) is 29.5 Å². The van der Waals surface area contributed by atoms with Crippen molar-refractivity contribution < 1.29 is 27.5 Å². The average molecular weight is 424 g/mol. The van der Waals surface area contributed by atoms with E-state index >= 15 is 0 Å². The molecule has 0 radical (unpaired) electrons. The minimum atomic E-state index is -4.48. The van der Waals surface area contributed by atoms with E-state index in [9.17, 15) is 22.8 Å². The van der Waals surface area contributed by atoms with Crippen LogP contribution in [0.15, 0.2) is 47.4 Å². The molecule has 0 spiro atoms. The molecule has 1 atom stereocenters. The summed E-state index contributed by atoms with van der Waals surface area (Å²) in [5.74, 6) is -0.120. The van der Waals surface area contributed by atoms with Gasteiger partial charge >= 0.3 is 6.18 Å². The predicted molar refractivity (Wildman–Crippen MR) is 104 cm³/mol. The topological polar surface area (TPSA) is 67.4 Å². The zero-order valence-electron chi connectivity index (χ0n) is 15.5. The third-order valence-corrected chi connectivity index (χ3v) is 5.45. The number of hydrogen-bond acceptors (Lipinski definition) is 4. The second-order valence-electron chi connectivity index (χ2n) is 6.52. The van der Waals surface area contributed by atoms with Crippen LogP contribution in [0.4, 0.5) is 18.9 Å². The van der Waals surface area contributed by atoms with Crippen LogP contribution < -0.4 is 15.4 Å². The highest BCUT2D eigenvalue weighted by Gasteiger charge is 2.34. The van der Waals surface area contributed by atoms with Gasteiger partial charge in [0.2, 0.25) is 11.8 Å². The van der Waals surface area contributed by atoms with Crippen molar-refractivity contribution in [2.45, 2.75) is 29.7 Å². The van der Waals surface area contributed by atoms with E-state index in [0.29, 0.717) is 10.6 Å². The molecule has 3 rings (SSSR count). The fourth-order valence-electron chi connectivity index (χ4n) is 2.77. The maximum absolute atomic E-state index is 12.8. The zero-order valence-corrected chi connectivity index (χ0v) is 16.3. The van der Waals surface area contributed by atoms with Crippen LogP contribution in [0.1, 0.15) is 17.5 Å². The lowest BCUT2D eigenvalue weighted by atomic mass is 10.1. The van der Waals surface area contributed by atoms with Crippen LogP contribution in [0.5, 0.6) is 5.75 Å². The number of halogens is 3. The van der Waals surface area contributed by atoms with Crippen LogP contribution >= 0.6 is 11.8 Å². The second-order valence-corrected chi connectivity index (χ2v) is 7.77. The van der Waals surface area contributed by atoms with E-state index in [-0.39, 0.29) is 31.2 Å².